The van der Waals surface area contributed by atoms with Gasteiger partial charge in [-0.2, -0.15) is 0 Å². The summed E-state index contributed by atoms with van der Waals surface area (Å²) in [7, 11) is 6.52. The maximum Gasteiger partial charge on any atom is 0.203 e. The van der Waals surface area contributed by atoms with Gasteiger partial charge in [-0.25, -0.2) is 9.97 Å². The Morgan fingerprint density at radius 2 is 1.25 bits per heavy atom. The molecule has 4 aromatic rings. The minimum Gasteiger partial charge on any atom is -0.495 e. The molecule has 0 radical (unpaired) electrons. The summed E-state index contributed by atoms with van der Waals surface area (Å²) >= 11 is 0. The van der Waals surface area contributed by atoms with Gasteiger partial charge in [-0.1, -0.05) is 24.3 Å². The average Bonchev–Trinajstić information content (AvgIpc) is 2.95. The van der Waals surface area contributed by atoms with Crippen molar-refractivity contribution in [2.75, 3.05) is 64.4 Å². The minimum absolute atomic E-state index is 0.539. The Morgan fingerprint density at radius 1 is 0.639 bits per heavy atom. The Morgan fingerprint density at radius 3 is 1.92 bits per heavy atom. The molecule has 0 aliphatic carbocycles. The van der Waals surface area contributed by atoms with Crippen LogP contribution in [0.3, 0.4) is 0 Å². The van der Waals surface area contributed by atoms with Gasteiger partial charge in [-0.3, -0.25) is 0 Å². The lowest BCUT2D eigenvalue weighted by Crippen LogP contribution is -2.47. The summed E-state index contributed by atoms with van der Waals surface area (Å²) in [5, 5.41) is 1.03. The largest absolute Gasteiger partial charge is 0.495 e. The third kappa shape index (κ3) is 4.30. The predicted octanol–water partition coefficient (Wildman–Crippen LogP) is 4.66. The van der Waals surface area contributed by atoms with Crippen molar-refractivity contribution < 1.29 is 18.9 Å². The van der Waals surface area contributed by atoms with Gasteiger partial charge in [0.15, 0.2) is 17.3 Å². The summed E-state index contributed by atoms with van der Waals surface area (Å²) in [6.07, 6.45) is 0. The first kappa shape index (κ1) is 23.5. The smallest absolute Gasteiger partial charge is 0.203 e. The summed E-state index contributed by atoms with van der Waals surface area (Å²) in [6.45, 7) is 3.37. The third-order valence-corrected chi connectivity index (χ3v) is 6.51. The first-order chi connectivity index (χ1) is 17.7. The van der Waals surface area contributed by atoms with Gasteiger partial charge in [-0.15, -0.1) is 0 Å². The zero-order valence-electron chi connectivity index (χ0n) is 21.0. The van der Waals surface area contributed by atoms with Crippen LogP contribution >= 0.6 is 0 Å². The number of ether oxygens (including phenoxy) is 4. The SMILES string of the molecule is COc1ccccc1N1CCN(c2nc(-c3cc(OC)c(OC)c(OC)c3)nc3ccccc23)CC1. The topological polar surface area (TPSA) is 69.2 Å². The number of anilines is 2. The molecule has 0 saturated carbocycles. The quantitative estimate of drug-likeness (QED) is 0.374. The highest BCUT2D eigenvalue weighted by Gasteiger charge is 2.24. The highest BCUT2D eigenvalue weighted by molar-refractivity contribution is 5.91. The molecule has 36 heavy (non-hydrogen) atoms. The molecule has 1 aromatic heterocycles. The molecule has 3 aromatic carbocycles. The van der Waals surface area contributed by atoms with Gasteiger partial charge < -0.3 is 28.7 Å². The molecule has 0 spiro atoms. The van der Waals surface area contributed by atoms with Crippen LogP contribution in [0.4, 0.5) is 11.5 Å². The monoisotopic (exact) mass is 486 g/mol. The maximum atomic E-state index is 5.58. The maximum absolute atomic E-state index is 5.58. The molecule has 1 aliphatic heterocycles. The van der Waals surface area contributed by atoms with Crippen LogP contribution in [0.1, 0.15) is 0 Å². The van der Waals surface area contributed by atoms with Gasteiger partial charge >= 0.3 is 0 Å². The molecule has 2 heterocycles. The van der Waals surface area contributed by atoms with E-state index < -0.39 is 0 Å². The van der Waals surface area contributed by atoms with Crippen molar-refractivity contribution in [1.29, 1.82) is 0 Å². The van der Waals surface area contributed by atoms with Gasteiger partial charge in [0.05, 0.1) is 39.6 Å². The van der Waals surface area contributed by atoms with E-state index in [0.717, 1.165) is 59.9 Å². The van der Waals surface area contributed by atoms with Gasteiger partial charge in [0, 0.05) is 37.1 Å². The molecule has 0 unspecified atom stereocenters. The predicted molar refractivity (Wildman–Crippen MR) is 142 cm³/mol. The lowest BCUT2D eigenvalue weighted by atomic mass is 10.1. The molecular weight excluding hydrogens is 456 g/mol. The van der Waals surface area contributed by atoms with Crippen molar-refractivity contribution in [3.05, 3.63) is 60.7 Å². The van der Waals surface area contributed by atoms with Crippen molar-refractivity contribution in [3.8, 4) is 34.4 Å². The van der Waals surface area contributed by atoms with E-state index in [9.17, 15) is 0 Å². The van der Waals surface area contributed by atoms with Crippen LogP contribution in [0.5, 0.6) is 23.0 Å². The minimum atomic E-state index is 0.539. The van der Waals surface area contributed by atoms with Gasteiger partial charge in [0.1, 0.15) is 11.6 Å². The molecule has 0 bridgehead atoms. The second-order valence-corrected chi connectivity index (χ2v) is 8.45. The number of methoxy groups -OCH3 is 4. The van der Waals surface area contributed by atoms with Crippen LogP contribution in [0.15, 0.2) is 60.7 Å². The van der Waals surface area contributed by atoms with E-state index in [-0.39, 0.29) is 0 Å². The van der Waals surface area contributed by atoms with Crippen molar-refractivity contribution in [2.45, 2.75) is 0 Å². The molecule has 5 rings (SSSR count). The summed E-state index contributed by atoms with van der Waals surface area (Å²) in [4.78, 5) is 14.6. The van der Waals surface area contributed by atoms with E-state index in [1.165, 1.54) is 0 Å². The normalized spacial score (nSPS) is 13.6. The van der Waals surface area contributed by atoms with Crippen LogP contribution in [-0.2, 0) is 0 Å². The number of nitrogens with zero attached hydrogens (tertiary/aromatic N) is 4. The molecule has 1 aliphatic rings. The Hall–Kier alpha value is -4.20. The number of aromatic nitrogens is 2. The van der Waals surface area contributed by atoms with Crippen LogP contribution in [0.2, 0.25) is 0 Å². The van der Waals surface area contributed by atoms with Crippen molar-refractivity contribution in [3.63, 3.8) is 0 Å². The molecule has 8 nitrogen and oxygen atoms in total. The van der Waals surface area contributed by atoms with Crippen LogP contribution < -0.4 is 28.7 Å². The first-order valence-electron chi connectivity index (χ1n) is 11.9. The lowest BCUT2D eigenvalue weighted by Gasteiger charge is -2.37. The Labute approximate surface area is 211 Å². The van der Waals surface area contributed by atoms with E-state index in [1.807, 2.05) is 48.5 Å². The molecule has 186 valence electrons. The van der Waals surface area contributed by atoms with Gasteiger partial charge in [-0.05, 0) is 36.4 Å². The van der Waals surface area contributed by atoms with E-state index >= 15 is 0 Å². The summed E-state index contributed by atoms with van der Waals surface area (Å²) in [6, 6.07) is 20.0. The summed E-state index contributed by atoms with van der Waals surface area (Å²) in [5.74, 6) is 4.09. The fourth-order valence-electron chi connectivity index (χ4n) is 4.69. The molecule has 1 saturated heterocycles. The number of hydrogen-bond acceptors (Lipinski definition) is 8. The number of benzene rings is 3. The Bertz CT molecular complexity index is 1340. The molecule has 0 amide bonds. The lowest BCUT2D eigenvalue weighted by molar-refractivity contribution is 0.324. The third-order valence-electron chi connectivity index (χ3n) is 6.51. The standard InChI is InChI=1S/C28H30N4O4/c1-33-23-12-8-7-11-22(23)31-13-15-32(16-14-31)28-20-9-5-6-10-21(20)29-27(30-28)19-17-24(34-2)26(36-4)25(18-19)35-3/h5-12,17-18H,13-16H2,1-4H3. The first-order valence-corrected chi connectivity index (χ1v) is 11.9. The highest BCUT2D eigenvalue weighted by Crippen LogP contribution is 2.41. The second kappa shape index (κ2) is 10.2. The zero-order valence-corrected chi connectivity index (χ0v) is 21.0. The van der Waals surface area contributed by atoms with Crippen molar-refractivity contribution >= 4 is 22.4 Å². The van der Waals surface area contributed by atoms with E-state index in [4.69, 9.17) is 28.9 Å². The van der Waals surface area contributed by atoms with Crippen molar-refractivity contribution in [1.82, 2.24) is 9.97 Å². The number of hydrogen-bond donors (Lipinski definition) is 0. The molecule has 1 fully saturated rings. The van der Waals surface area contributed by atoms with Crippen LogP contribution in [0, 0.1) is 0 Å². The molecule has 8 heteroatoms. The molecule has 0 N–H and O–H groups in total. The fraction of sp³-hybridized carbons (Fsp3) is 0.286. The van der Waals surface area contributed by atoms with E-state index in [1.54, 1.807) is 28.4 Å². The second-order valence-electron chi connectivity index (χ2n) is 8.45. The number of fused-ring (bicyclic) bond motifs is 1. The zero-order chi connectivity index (χ0) is 25.1. The summed E-state index contributed by atoms with van der Waals surface area (Å²) < 4.78 is 22.2. The number of piperazine rings is 1. The van der Waals surface area contributed by atoms with E-state index in [2.05, 4.69) is 21.9 Å². The highest BCUT2D eigenvalue weighted by atomic mass is 16.5. The van der Waals surface area contributed by atoms with Crippen LogP contribution in [0.25, 0.3) is 22.3 Å². The Balaban J connectivity index is 1.51. The van der Waals surface area contributed by atoms with Crippen molar-refractivity contribution in [2.24, 2.45) is 0 Å². The average molecular weight is 487 g/mol. The number of para-hydroxylation sites is 3. The number of rotatable bonds is 7. The molecule has 0 atom stereocenters. The summed E-state index contributed by atoms with van der Waals surface area (Å²) in [5.41, 5.74) is 2.80. The fourth-order valence-corrected chi connectivity index (χ4v) is 4.69. The molecular formula is C28H30N4O4. The van der Waals surface area contributed by atoms with E-state index in [0.29, 0.717) is 23.1 Å². The van der Waals surface area contributed by atoms with Gasteiger partial charge in [0.2, 0.25) is 5.75 Å². The Kier molecular flexibility index (Phi) is 6.66. The van der Waals surface area contributed by atoms with Crippen LogP contribution in [-0.4, -0.2) is 64.6 Å². The van der Waals surface area contributed by atoms with Gasteiger partial charge in [0.25, 0.3) is 0 Å².